The van der Waals surface area contributed by atoms with Gasteiger partial charge in [-0.25, -0.2) is 4.98 Å². The molecule has 2 aromatic carbocycles. The molecule has 0 aliphatic carbocycles. The van der Waals surface area contributed by atoms with E-state index in [1.54, 1.807) is 20.3 Å². The molecule has 3 aromatic rings. The van der Waals surface area contributed by atoms with E-state index in [2.05, 4.69) is 9.97 Å². The van der Waals surface area contributed by atoms with Crippen LogP contribution in [0.25, 0.3) is 22.2 Å². The predicted octanol–water partition coefficient (Wildman–Crippen LogP) is 2.35. The first-order chi connectivity index (χ1) is 10.6. The highest BCUT2D eigenvalue weighted by Gasteiger charge is 2.13. The van der Waals surface area contributed by atoms with Crippen molar-refractivity contribution in [3.8, 4) is 22.6 Å². The zero-order valence-electron chi connectivity index (χ0n) is 12.2. The molecule has 0 bridgehead atoms. The number of hydrogen-bond donors (Lipinski definition) is 2. The molecule has 1 amide bonds. The van der Waals surface area contributed by atoms with Crippen LogP contribution >= 0.6 is 0 Å². The first-order valence-corrected chi connectivity index (χ1v) is 6.64. The average molecular weight is 297 g/mol. The second kappa shape index (κ2) is 5.40. The van der Waals surface area contributed by atoms with E-state index in [4.69, 9.17) is 15.2 Å². The third kappa shape index (κ3) is 2.35. The van der Waals surface area contributed by atoms with Crippen molar-refractivity contribution >= 4 is 16.9 Å². The Kier molecular flexibility index (Phi) is 3.42. The minimum atomic E-state index is -0.592. The molecule has 0 unspecified atom stereocenters. The number of rotatable bonds is 4. The van der Waals surface area contributed by atoms with Gasteiger partial charge < -0.3 is 20.2 Å². The lowest BCUT2D eigenvalue weighted by molar-refractivity contribution is 0.0991. The van der Waals surface area contributed by atoms with Crippen LogP contribution in [-0.4, -0.2) is 30.1 Å². The lowest BCUT2D eigenvalue weighted by atomic mass is 10.0. The summed E-state index contributed by atoms with van der Waals surface area (Å²) in [6, 6.07) is 11.2. The summed E-state index contributed by atoms with van der Waals surface area (Å²) in [4.78, 5) is 18.5. The lowest BCUT2D eigenvalue weighted by Crippen LogP contribution is -2.12. The van der Waals surface area contributed by atoms with Crippen LogP contribution in [0.5, 0.6) is 11.5 Å². The van der Waals surface area contributed by atoms with Crippen molar-refractivity contribution in [3.05, 3.63) is 42.2 Å². The Bertz CT molecular complexity index is 833. The van der Waals surface area contributed by atoms with Crippen LogP contribution in [0.3, 0.4) is 0 Å². The Morgan fingerprint density at radius 2 is 1.82 bits per heavy atom. The fraction of sp³-hybridized carbons (Fsp3) is 0.125. The van der Waals surface area contributed by atoms with Crippen LogP contribution < -0.4 is 15.2 Å². The number of para-hydroxylation sites is 1. The first kappa shape index (κ1) is 13.9. The molecule has 112 valence electrons. The monoisotopic (exact) mass is 297 g/mol. The van der Waals surface area contributed by atoms with Crippen LogP contribution in [0.15, 0.2) is 36.4 Å². The zero-order chi connectivity index (χ0) is 15.7. The minimum absolute atomic E-state index is 0.136. The number of imidazole rings is 1. The second-order valence-electron chi connectivity index (χ2n) is 4.75. The number of H-pyrrole nitrogens is 1. The van der Waals surface area contributed by atoms with Gasteiger partial charge in [0, 0.05) is 11.6 Å². The fourth-order valence-electron chi connectivity index (χ4n) is 2.35. The lowest BCUT2D eigenvalue weighted by Gasteiger charge is -2.09. The Hall–Kier alpha value is -3.02. The summed E-state index contributed by atoms with van der Waals surface area (Å²) in [5, 5.41) is 0. The zero-order valence-corrected chi connectivity index (χ0v) is 12.2. The number of benzene rings is 2. The van der Waals surface area contributed by atoms with Crippen molar-refractivity contribution in [1.82, 2.24) is 9.97 Å². The van der Waals surface area contributed by atoms with E-state index in [-0.39, 0.29) is 5.82 Å². The molecule has 0 atom stereocenters. The van der Waals surface area contributed by atoms with E-state index < -0.39 is 5.91 Å². The SMILES string of the molecule is COc1cc(OC)cc(-c2cccc3nc(C(N)=O)[nH]c23)c1. The quantitative estimate of drug-likeness (QED) is 0.773. The number of carbonyl (C=O) groups excluding carboxylic acids is 1. The van der Waals surface area contributed by atoms with E-state index in [1.165, 1.54) is 0 Å². The van der Waals surface area contributed by atoms with Gasteiger partial charge in [0.25, 0.3) is 5.91 Å². The van der Waals surface area contributed by atoms with Gasteiger partial charge in [-0.2, -0.15) is 0 Å². The number of nitrogens with zero attached hydrogens (tertiary/aromatic N) is 1. The van der Waals surface area contributed by atoms with Crippen molar-refractivity contribution in [3.63, 3.8) is 0 Å². The van der Waals surface area contributed by atoms with Crippen molar-refractivity contribution < 1.29 is 14.3 Å². The predicted molar refractivity (Wildman–Crippen MR) is 83.2 cm³/mol. The Morgan fingerprint density at radius 3 is 2.41 bits per heavy atom. The van der Waals surface area contributed by atoms with Gasteiger partial charge in [0.1, 0.15) is 11.5 Å². The number of primary amides is 1. The summed E-state index contributed by atoms with van der Waals surface area (Å²) in [6.07, 6.45) is 0. The fourth-order valence-corrected chi connectivity index (χ4v) is 2.35. The molecule has 0 aliphatic rings. The topological polar surface area (TPSA) is 90.2 Å². The standard InChI is InChI=1S/C16H15N3O3/c1-21-10-6-9(7-11(8-10)22-2)12-4-3-5-13-14(12)19-16(18-13)15(17)20/h3-8H,1-2H3,(H2,17,20)(H,18,19). The molecular weight excluding hydrogens is 282 g/mol. The van der Waals surface area contributed by atoms with Crippen molar-refractivity contribution in [1.29, 1.82) is 0 Å². The number of hydrogen-bond acceptors (Lipinski definition) is 4. The Labute approximate surface area is 126 Å². The van der Waals surface area contributed by atoms with Crippen LogP contribution in [0.4, 0.5) is 0 Å². The van der Waals surface area contributed by atoms with Gasteiger partial charge in [0.05, 0.1) is 25.3 Å². The third-order valence-corrected chi connectivity index (χ3v) is 3.41. The highest BCUT2D eigenvalue weighted by atomic mass is 16.5. The number of amides is 1. The van der Waals surface area contributed by atoms with Gasteiger partial charge in [-0.3, -0.25) is 4.79 Å². The molecule has 1 heterocycles. The summed E-state index contributed by atoms with van der Waals surface area (Å²) in [7, 11) is 3.20. The molecule has 6 heteroatoms. The van der Waals surface area contributed by atoms with Gasteiger partial charge in [-0.15, -0.1) is 0 Å². The highest BCUT2D eigenvalue weighted by Crippen LogP contribution is 2.33. The number of nitrogens with two attached hydrogens (primary N) is 1. The number of fused-ring (bicyclic) bond motifs is 1. The molecular formula is C16H15N3O3. The molecule has 0 saturated heterocycles. The van der Waals surface area contributed by atoms with Gasteiger partial charge in [-0.1, -0.05) is 12.1 Å². The highest BCUT2D eigenvalue weighted by molar-refractivity contribution is 5.98. The maximum Gasteiger partial charge on any atom is 0.284 e. The summed E-state index contributed by atoms with van der Waals surface area (Å²) in [5.74, 6) is 0.907. The van der Waals surface area contributed by atoms with E-state index in [1.807, 2.05) is 30.3 Å². The Morgan fingerprint density at radius 1 is 1.14 bits per heavy atom. The normalized spacial score (nSPS) is 10.6. The molecule has 0 radical (unpaired) electrons. The van der Waals surface area contributed by atoms with E-state index in [9.17, 15) is 4.79 Å². The average Bonchev–Trinajstić information content (AvgIpc) is 2.98. The number of nitrogens with one attached hydrogen (secondary N) is 1. The molecule has 3 rings (SSSR count). The summed E-state index contributed by atoms with van der Waals surface area (Å²) < 4.78 is 10.6. The van der Waals surface area contributed by atoms with Crippen LogP contribution in [-0.2, 0) is 0 Å². The molecule has 1 aromatic heterocycles. The number of aromatic nitrogens is 2. The molecule has 0 spiro atoms. The molecule has 0 fully saturated rings. The van der Waals surface area contributed by atoms with E-state index in [0.29, 0.717) is 17.0 Å². The number of carbonyl (C=O) groups is 1. The van der Waals surface area contributed by atoms with Gasteiger partial charge >= 0.3 is 0 Å². The Balaban J connectivity index is 2.23. The second-order valence-corrected chi connectivity index (χ2v) is 4.75. The molecule has 0 saturated carbocycles. The molecule has 6 nitrogen and oxygen atoms in total. The maximum absolute atomic E-state index is 11.3. The largest absolute Gasteiger partial charge is 0.497 e. The van der Waals surface area contributed by atoms with Crippen LogP contribution in [0.1, 0.15) is 10.6 Å². The number of aromatic amines is 1. The van der Waals surface area contributed by atoms with E-state index >= 15 is 0 Å². The van der Waals surface area contributed by atoms with Crippen LogP contribution in [0, 0.1) is 0 Å². The van der Waals surface area contributed by atoms with Gasteiger partial charge in [0.15, 0.2) is 5.82 Å². The summed E-state index contributed by atoms with van der Waals surface area (Å²) >= 11 is 0. The molecule has 22 heavy (non-hydrogen) atoms. The van der Waals surface area contributed by atoms with E-state index in [0.717, 1.165) is 16.6 Å². The number of ether oxygens (including phenoxy) is 2. The van der Waals surface area contributed by atoms with Gasteiger partial charge in [-0.05, 0) is 23.8 Å². The minimum Gasteiger partial charge on any atom is -0.497 e. The van der Waals surface area contributed by atoms with Gasteiger partial charge in [0.2, 0.25) is 0 Å². The smallest absolute Gasteiger partial charge is 0.284 e. The maximum atomic E-state index is 11.3. The molecule has 3 N–H and O–H groups in total. The summed E-state index contributed by atoms with van der Waals surface area (Å²) in [6.45, 7) is 0. The van der Waals surface area contributed by atoms with Crippen molar-refractivity contribution in [2.24, 2.45) is 5.73 Å². The number of methoxy groups -OCH3 is 2. The first-order valence-electron chi connectivity index (χ1n) is 6.64. The third-order valence-electron chi connectivity index (χ3n) is 3.41. The van der Waals surface area contributed by atoms with Crippen molar-refractivity contribution in [2.75, 3.05) is 14.2 Å². The van der Waals surface area contributed by atoms with Crippen molar-refractivity contribution in [2.45, 2.75) is 0 Å². The molecule has 0 aliphatic heterocycles. The summed E-state index contributed by atoms with van der Waals surface area (Å²) in [5.41, 5.74) is 8.48. The van der Waals surface area contributed by atoms with Crippen LogP contribution in [0.2, 0.25) is 0 Å².